The van der Waals surface area contributed by atoms with Crippen LogP contribution in [0.2, 0.25) is 0 Å². The lowest BCUT2D eigenvalue weighted by Crippen LogP contribution is -1.88. The zero-order valence-electron chi connectivity index (χ0n) is 9.89. The minimum absolute atomic E-state index is 0.0873. The maximum atomic E-state index is 9.00. The van der Waals surface area contributed by atoms with E-state index in [4.69, 9.17) is 9.84 Å². The van der Waals surface area contributed by atoms with Crippen LogP contribution in [-0.2, 0) is 18.0 Å². The highest BCUT2D eigenvalue weighted by atomic mass is 16.5. The Bertz CT molecular complexity index is 475. The van der Waals surface area contributed by atoms with Crippen molar-refractivity contribution in [2.24, 2.45) is 0 Å². The summed E-state index contributed by atoms with van der Waals surface area (Å²) in [6, 6.07) is 16.2. The van der Waals surface area contributed by atoms with E-state index < -0.39 is 0 Å². The van der Waals surface area contributed by atoms with Gasteiger partial charge in [0.05, 0.1) is 13.2 Å². The number of methoxy groups -OCH3 is 1. The van der Waals surface area contributed by atoms with Gasteiger partial charge in [-0.05, 0) is 28.3 Å². The van der Waals surface area contributed by atoms with E-state index in [0.717, 1.165) is 16.7 Å². The van der Waals surface area contributed by atoms with Crippen molar-refractivity contribution < 1.29 is 9.84 Å². The number of hydrogen-bond acceptors (Lipinski definition) is 2. The standard InChI is InChI=1S/C15H16O2/c1-17-11-13-3-2-4-15(9-13)14-7-5-12(10-16)6-8-14/h2-9,16H,10-11H2,1H3. The predicted octanol–water partition coefficient (Wildman–Crippen LogP) is 2.99. The minimum Gasteiger partial charge on any atom is -0.392 e. The quantitative estimate of drug-likeness (QED) is 0.871. The number of aliphatic hydroxyl groups is 1. The summed E-state index contributed by atoms with van der Waals surface area (Å²) in [6.45, 7) is 0.715. The van der Waals surface area contributed by atoms with Gasteiger partial charge in [0.1, 0.15) is 0 Å². The first kappa shape index (κ1) is 11.8. The molecule has 88 valence electrons. The van der Waals surface area contributed by atoms with Gasteiger partial charge < -0.3 is 9.84 Å². The topological polar surface area (TPSA) is 29.5 Å². The molecule has 0 fully saturated rings. The lowest BCUT2D eigenvalue weighted by Gasteiger charge is -2.05. The maximum absolute atomic E-state index is 9.00. The Hall–Kier alpha value is -1.64. The summed E-state index contributed by atoms with van der Waals surface area (Å²) >= 11 is 0. The van der Waals surface area contributed by atoms with Crippen LogP contribution in [-0.4, -0.2) is 12.2 Å². The van der Waals surface area contributed by atoms with Crippen molar-refractivity contribution in [3.63, 3.8) is 0 Å². The molecular weight excluding hydrogens is 212 g/mol. The molecule has 2 heteroatoms. The van der Waals surface area contributed by atoms with Crippen molar-refractivity contribution in [1.82, 2.24) is 0 Å². The van der Waals surface area contributed by atoms with Crippen molar-refractivity contribution in [2.75, 3.05) is 7.11 Å². The first-order valence-electron chi connectivity index (χ1n) is 5.61. The van der Waals surface area contributed by atoms with E-state index in [-0.39, 0.29) is 6.61 Å². The zero-order chi connectivity index (χ0) is 12.1. The van der Waals surface area contributed by atoms with Crippen LogP contribution < -0.4 is 0 Å². The predicted molar refractivity (Wildman–Crippen MR) is 68.5 cm³/mol. The summed E-state index contributed by atoms with van der Waals surface area (Å²) in [5.74, 6) is 0. The van der Waals surface area contributed by atoms with Gasteiger partial charge in [-0.2, -0.15) is 0 Å². The van der Waals surface area contributed by atoms with Gasteiger partial charge in [0.15, 0.2) is 0 Å². The van der Waals surface area contributed by atoms with Crippen molar-refractivity contribution in [3.8, 4) is 11.1 Å². The van der Waals surface area contributed by atoms with Crippen LogP contribution in [0.15, 0.2) is 48.5 Å². The number of hydrogen-bond donors (Lipinski definition) is 1. The number of rotatable bonds is 4. The van der Waals surface area contributed by atoms with Gasteiger partial charge in [-0.25, -0.2) is 0 Å². The lowest BCUT2D eigenvalue weighted by molar-refractivity contribution is 0.185. The maximum Gasteiger partial charge on any atom is 0.0713 e. The van der Waals surface area contributed by atoms with Gasteiger partial charge >= 0.3 is 0 Å². The monoisotopic (exact) mass is 228 g/mol. The van der Waals surface area contributed by atoms with E-state index in [9.17, 15) is 0 Å². The highest BCUT2D eigenvalue weighted by molar-refractivity contribution is 5.64. The largest absolute Gasteiger partial charge is 0.392 e. The summed E-state index contributed by atoms with van der Waals surface area (Å²) < 4.78 is 5.12. The molecule has 2 aromatic rings. The summed E-state index contributed by atoms with van der Waals surface area (Å²) in [6.07, 6.45) is 0. The number of ether oxygens (including phenoxy) is 1. The molecule has 0 saturated heterocycles. The fraction of sp³-hybridized carbons (Fsp3) is 0.200. The molecule has 2 aromatic carbocycles. The Morgan fingerprint density at radius 2 is 1.71 bits per heavy atom. The van der Waals surface area contributed by atoms with Gasteiger partial charge in [0, 0.05) is 7.11 Å². The summed E-state index contributed by atoms with van der Waals surface area (Å²) in [5, 5.41) is 9.00. The van der Waals surface area contributed by atoms with Crippen molar-refractivity contribution in [2.45, 2.75) is 13.2 Å². The Labute approximate surface area is 101 Å². The Morgan fingerprint density at radius 3 is 2.35 bits per heavy atom. The zero-order valence-corrected chi connectivity index (χ0v) is 9.89. The molecule has 0 amide bonds. The fourth-order valence-electron chi connectivity index (χ4n) is 1.81. The van der Waals surface area contributed by atoms with E-state index in [2.05, 4.69) is 18.2 Å². The highest BCUT2D eigenvalue weighted by Gasteiger charge is 1.99. The van der Waals surface area contributed by atoms with Crippen LogP contribution in [0.4, 0.5) is 0 Å². The molecule has 0 aromatic heterocycles. The molecule has 0 aliphatic rings. The van der Waals surface area contributed by atoms with Crippen LogP contribution in [0.5, 0.6) is 0 Å². The third kappa shape index (κ3) is 2.93. The van der Waals surface area contributed by atoms with Gasteiger partial charge in [0.2, 0.25) is 0 Å². The SMILES string of the molecule is COCc1cccc(-c2ccc(CO)cc2)c1. The normalized spacial score (nSPS) is 10.5. The minimum atomic E-state index is 0.0873. The molecular formula is C15H16O2. The molecule has 1 N–H and O–H groups in total. The van der Waals surface area contributed by atoms with E-state index in [1.165, 1.54) is 5.56 Å². The highest BCUT2D eigenvalue weighted by Crippen LogP contribution is 2.21. The van der Waals surface area contributed by atoms with Crippen LogP contribution >= 0.6 is 0 Å². The molecule has 2 rings (SSSR count). The Kier molecular flexibility index (Phi) is 3.91. The fourth-order valence-corrected chi connectivity index (χ4v) is 1.81. The van der Waals surface area contributed by atoms with Crippen LogP contribution in [0, 0.1) is 0 Å². The summed E-state index contributed by atoms with van der Waals surface area (Å²) in [7, 11) is 1.70. The number of benzene rings is 2. The van der Waals surface area contributed by atoms with Gasteiger partial charge in [-0.1, -0.05) is 42.5 Å². The molecule has 0 unspecified atom stereocenters. The second kappa shape index (κ2) is 5.62. The first-order valence-corrected chi connectivity index (χ1v) is 5.61. The number of aliphatic hydroxyl groups excluding tert-OH is 1. The van der Waals surface area contributed by atoms with Crippen LogP contribution in [0.25, 0.3) is 11.1 Å². The Balaban J connectivity index is 2.28. The van der Waals surface area contributed by atoms with Crippen molar-refractivity contribution in [1.29, 1.82) is 0 Å². The molecule has 0 spiro atoms. The third-order valence-corrected chi connectivity index (χ3v) is 2.71. The molecule has 0 atom stereocenters. The molecule has 0 aliphatic heterocycles. The summed E-state index contributed by atoms with van der Waals surface area (Å²) in [4.78, 5) is 0. The lowest BCUT2D eigenvalue weighted by atomic mass is 10.0. The van der Waals surface area contributed by atoms with Gasteiger partial charge in [0.25, 0.3) is 0 Å². The molecule has 0 saturated carbocycles. The second-order valence-corrected chi connectivity index (χ2v) is 3.99. The molecule has 17 heavy (non-hydrogen) atoms. The van der Waals surface area contributed by atoms with Crippen molar-refractivity contribution >= 4 is 0 Å². The average molecular weight is 228 g/mol. The average Bonchev–Trinajstić information content (AvgIpc) is 2.40. The smallest absolute Gasteiger partial charge is 0.0713 e. The molecule has 0 aliphatic carbocycles. The van der Waals surface area contributed by atoms with Crippen LogP contribution in [0.3, 0.4) is 0 Å². The molecule has 0 heterocycles. The third-order valence-electron chi connectivity index (χ3n) is 2.71. The summed E-state index contributed by atoms with van der Waals surface area (Å²) in [5.41, 5.74) is 4.42. The van der Waals surface area contributed by atoms with Crippen LogP contribution in [0.1, 0.15) is 11.1 Å². The second-order valence-electron chi connectivity index (χ2n) is 3.99. The molecule has 2 nitrogen and oxygen atoms in total. The van der Waals surface area contributed by atoms with E-state index in [0.29, 0.717) is 6.61 Å². The van der Waals surface area contributed by atoms with Gasteiger partial charge in [-0.3, -0.25) is 0 Å². The Morgan fingerprint density at radius 1 is 0.941 bits per heavy atom. The molecule has 0 radical (unpaired) electrons. The van der Waals surface area contributed by atoms with E-state index in [1.54, 1.807) is 7.11 Å². The van der Waals surface area contributed by atoms with Gasteiger partial charge in [-0.15, -0.1) is 0 Å². The van der Waals surface area contributed by atoms with Crippen molar-refractivity contribution in [3.05, 3.63) is 59.7 Å². The molecule has 0 bridgehead atoms. The van der Waals surface area contributed by atoms with E-state index in [1.807, 2.05) is 30.3 Å². The van der Waals surface area contributed by atoms with E-state index >= 15 is 0 Å². The first-order chi connectivity index (χ1) is 8.33.